The van der Waals surface area contributed by atoms with Crippen molar-refractivity contribution >= 4 is 77.9 Å². The molecule has 0 atom stereocenters. The lowest BCUT2D eigenvalue weighted by Crippen LogP contribution is -2.23. The molecular formula is C40H32ClFN6O13S2. The summed E-state index contributed by atoms with van der Waals surface area (Å²) in [6.07, 6.45) is 0. The predicted octanol–water partition coefficient (Wildman–Crippen LogP) is 7.54. The lowest BCUT2D eigenvalue weighted by molar-refractivity contribution is -0.385. The van der Waals surface area contributed by atoms with Gasteiger partial charge in [0.1, 0.15) is 11.6 Å². The molecule has 0 radical (unpaired) electrons. The minimum absolute atomic E-state index is 0.0151. The van der Waals surface area contributed by atoms with Crippen LogP contribution in [0.1, 0.15) is 44.0 Å². The molecule has 0 saturated carbocycles. The molecule has 0 bridgehead atoms. The van der Waals surface area contributed by atoms with E-state index in [0.29, 0.717) is 0 Å². The summed E-state index contributed by atoms with van der Waals surface area (Å²) in [5.74, 6) is -2.43. The van der Waals surface area contributed by atoms with Crippen LogP contribution < -0.4 is 20.1 Å². The van der Waals surface area contributed by atoms with Crippen molar-refractivity contribution in [3.05, 3.63) is 181 Å². The molecule has 1 aromatic heterocycles. The summed E-state index contributed by atoms with van der Waals surface area (Å²) in [5.41, 5.74) is -0.0686. The number of furan rings is 1. The maximum Gasteiger partial charge on any atom is 0.374 e. The topological polar surface area (TPSA) is 276 Å². The van der Waals surface area contributed by atoms with Gasteiger partial charge in [0.15, 0.2) is 0 Å². The van der Waals surface area contributed by atoms with Crippen LogP contribution in [0.5, 0.6) is 0 Å². The molecular weight excluding hydrogens is 891 g/mol. The number of nitrogens with zero attached hydrogens (tertiary/aromatic N) is 2. The Kier molecular flexibility index (Phi) is 15.0. The fourth-order valence-corrected chi connectivity index (χ4v) is 7.54. The number of rotatable bonds is 15. The number of amides is 2. The van der Waals surface area contributed by atoms with Crippen LogP contribution >= 0.6 is 11.6 Å². The minimum atomic E-state index is -4.09. The van der Waals surface area contributed by atoms with Crippen LogP contribution in [0.25, 0.3) is 0 Å². The molecule has 0 spiro atoms. The molecule has 0 aliphatic carbocycles. The summed E-state index contributed by atoms with van der Waals surface area (Å²) in [5, 5.41) is 26.7. The Morgan fingerprint density at radius 3 is 1.89 bits per heavy atom. The zero-order valence-electron chi connectivity index (χ0n) is 32.3. The number of nitrogens with one attached hydrogen (secondary N) is 4. The highest BCUT2D eigenvalue weighted by Crippen LogP contribution is 2.25. The number of hydrogen-bond acceptors (Lipinski definition) is 13. The van der Waals surface area contributed by atoms with E-state index in [1.54, 1.807) is 6.92 Å². The molecule has 5 aromatic carbocycles. The Balaban J connectivity index is 0.000000239. The van der Waals surface area contributed by atoms with E-state index in [-0.39, 0.29) is 79.0 Å². The average Bonchev–Trinajstić information content (AvgIpc) is 3.74. The maximum absolute atomic E-state index is 13.0. The molecule has 2 amide bonds. The van der Waals surface area contributed by atoms with E-state index in [0.717, 1.165) is 24.3 Å². The normalized spacial score (nSPS) is 11.0. The second-order valence-corrected chi connectivity index (χ2v) is 16.5. The zero-order chi connectivity index (χ0) is 45.9. The number of hydrogen-bond donors (Lipinski definition) is 4. The molecule has 23 heteroatoms. The van der Waals surface area contributed by atoms with Gasteiger partial charge in [0.25, 0.3) is 33.2 Å². The highest BCUT2D eigenvalue weighted by Gasteiger charge is 2.21. The summed E-state index contributed by atoms with van der Waals surface area (Å²) in [7, 11) is -8.11. The average molecular weight is 923 g/mol. The highest BCUT2D eigenvalue weighted by molar-refractivity contribution is 7.92. The summed E-state index contributed by atoms with van der Waals surface area (Å²) in [4.78, 5) is 56.8. The Morgan fingerprint density at radius 2 is 1.29 bits per heavy atom. The standard InChI is InChI=1S/C21H19N3O8S.C19H13ClFN3O5S/c1-2-31-21(26)19-10-9-17(32-19)13-22-33(29,30)18-8-3-5-14(11-18)20(25)23-15-6-4-7-16(12-15)24(27)28;20-18-9-8-16(30(28,29)23-13-6-4-12(21)5-7-13)11-17(18)19(25)22-14-2-1-3-15(10-14)24(26)27/h3-12,22H,2,13H2,1H3,(H,23,25);1-11,23H,(H,22,25). The Hall–Kier alpha value is -7.53. The number of anilines is 3. The fourth-order valence-electron chi connectivity index (χ4n) is 5.21. The lowest BCUT2D eigenvalue weighted by atomic mass is 10.2. The first-order valence-electron chi connectivity index (χ1n) is 17.9. The number of halogens is 2. The number of sulfonamides is 2. The van der Waals surface area contributed by atoms with Gasteiger partial charge in [-0.3, -0.25) is 34.5 Å². The zero-order valence-corrected chi connectivity index (χ0v) is 34.7. The molecule has 0 unspecified atom stereocenters. The van der Waals surface area contributed by atoms with Crippen molar-refractivity contribution in [2.24, 2.45) is 0 Å². The van der Waals surface area contributed by atoms with Gasteiger partial charge >= 0.3 is 5.97 Å². The second-order valence-electron chi connectivity index (χ2n) is 12.6. The van der Waals surface area contributed by atoms with Gasteiger partial charge in [-0.2, -0.15) is 0 Å². The van der Waals surface area contributed by atoms with Crippen molar-refractivity contribution in [2.45, 2.75) is 23.3 Å². The summed E-state index contributed by atoms with van der Waals surface area (Å²) in [6.45, 7) is 1.59. The number of carbonyl (C=O) groups excluding carboxylic acids is 3. The first-order chi connectivity index (χ1) is 29.8. The summed E-state index contributed by atoms with van der Waals surface area (Å²) in [6, 6.07) is 26.9. The van der Waals surface area contributed by atoms with Crippen LogP contribution in [0.2, 0.25) is 5.02 Å². The van der Waals surface area contributed by atoms with Gasteiger partial charge in [0.05, 0.1) is 43.4 Å². The van der Waals surface area contributed by atoms with Gasteiger partial charge in [-0.05, 0) is 91.9 Å². The molecule has 63 heavy (non-hydrogen) atoms. The predicted molar refractivity (Wildman–Crippen MR) is 226 cm³/mol. The van der Waals surface area contributed by atoms with E-state index in [1.165, 1.54) is 103 Å². The van der Waals surface area contributed by atoms with E-state index < -0.39 is 53.5 Å². The van der Waals surface area contributed by atoms with E-state index in [4.69, 9.17) is 20.8 Å². The number of carbonyl (C=O) groups is 3. The monoisotopic (exact) mass is 922 g/mol. The van der Waals surface area contributed by atoms with Crippen molar-refractivity contribution in [3.63, 3.8) is 0 Å². The van der Waals surface area contributed by atoms with E-state index in [1.807, 2.05) is 0 Å². The van der Waals surface area contributed by atoms with Gasteiger partial charge in [0, 0.05) is 46.9 Å². The SMILES string of the molecule is CCOC(=O)c1ccc(CNS(=O)(=O)c2cccc(C(=O)Nc3cccc([N+](=O)[O-])c3)c2)o1.O=C(Nc1cccc([N+](=O)[O-])c1)c1cc(S(=O)(=O)Nc2ccc(F)cc2)ccc1Cl. The fraction of sp³-hybridized carbons (Fsp3) is 0.0750. The molecule has 0 saturated heterocycles. The van der Waals surface area contributed by atoms with E-state index >= 15 is 0 Å². The van der Waals surface area contributed by atoms with Crippen molar-refractivity contribution in [2.75, 3.05) is 22.0 Å². The molecule has 1 heterocycles. The molecule has 0 aliphatic heterocycles. The first-order valence-corrected chi connectivity index (χ1v) is 21.2. The van der Waals surface area contributed by atoms with Crippen molar-refractivity contribution in [1.29, 1.82) is 0 Å². The van der Waals surface area contributed by atoms with Crippen LogP contribution in [0.15, 0.2) is 142 Å². The van der Waals surface area contributed by atoms with Gasteiger partial charge < -0.3 is 19.8 Å². The number of non-ortho nitro benzene ring substituents is 2. The number of esters is 1. The third-order valence-corrected chi connectivity index (χ3v) is 11.3. The smallest absolute Gasteiger partial charge is 0.374 e. The third kappa shape index (κ3) is 12.7. The molecule has 19 nitrogen and oxygen atoms in total. The molecule has 0 aliphatic rings. The largest absolute Gasteiger partial charge is 0.460 e. The van der Waals surface area contributed by atoms with Crippen molar-refractivity contribution in [1.82, 2.24) is 4.72 Å². The highest BCUT2D eigenvalue weighted by atomic mass is 35.5. The summed E-state index contributed by atoms with van der Waals surface area (Å²) < 4.78 is 78.2. The Labute approximate surface area is 362 Å². The Morgan fingerprint density at radius 1 is 0.698 bits per heavy atom. The van der Waals surface area contributed by atoms with Gasteiger partial charge in [-0.15, -0.1) is 0 Å². The number of benzene rings is 5. The van der Waals surface area contributed by atoms with Crippen LogP contribution in [-0.2, 0) is 31.3 Å². The number of ether oxygens (including phenoxy) is 1. The van der Waals surface area contributed by atoms with Crippen LogP contribution in [0, 0.1) is 26.0 Å². The molecule has 4 N–H and O–H groups in total. The van der Waals surface area contributed by atoms with Gasteiger partial charge in [0.2, 0.25) is 15.8 Å². The maximum atomic E-state index is 13.0. The van der Waals surface area contributed by atoms with Gasteiger partial charge in [-0.25, -0.2) is 30.7 Å². The third-order valence-electron chi connectivity index (χ3n) is 8.20. The van der Waals surface area contributed by atoms with Crippen molar-refractivity contribution in [3.8, 4) is 0 Å². The number of nitro groups is 2. The lowest BCUT2D eigenvalue weighted by Gasteiger charge is -2.11. The number of nitro benzene ring substituents is 2. The van der Waals surface area contributed by atoms with Crippen LogP contribution in [0.3, 0.4) is 0 Å². The molecule has 6 aromatic rings. The Bertz CT molecular complexity index is 2930. The first kappa shape index (κ1) is 46.5. The second kappa shape index (κ2) is 20.4. The van der Waals surface area contributed by atoms with E-state index in [2.05, 4.69) is 20.1 Å². The van der Waals surface area contributed by atoms with Gasteiger partial charge in [-0.1, -0.05) is 29.8 Å². The molecule has 0 fully saturated rings. The quantitative estimate of drug-likeness (QED) is 0.0441. The van der Waals surface area contributed by atoms with Crippen molar-refractivity contribution < 1.29 is 54.6 Å². The van der Waals surface area contributed by atoms with Crippen LogP contribution in [-0.4, -0.2) is 51.1 Å². The van der Waals surface area contributed by atoms with Crippen LogP contribution in [0.4, 0.5) is 32.8 Å². The molecule has 326 valence electrons. The summed E-state index contributed by atoms with van der Waals surface area (Å²) >= 11 is 6.04. The minimum Gasteiger partial charge on any atom is -0.460 e. The molecule has 6 rings (SSSR count). The van der Waals surface area contributed by atoms with E-state index in [9.17, 15) is 55.8 Å².